The van der Waals surface area contributed by atoms with Crippen molar-refractivity contribution >= 4 is 11.6 Å². The van der Waals surface area contributed by atoms with E-state index in [1.165, 1.54) is 6.07 Å². The molecule has 0 fully saturated rings. The number of hydrogen-bond acceptors (Lipinski definition) is 3. The lowest BCUT2D eigenvalue weighted by Gasteiger charge is -2.14. The first-order valence-corrected chi connectivity index (χ1v) is 4.31. The Morgan fingerprint density at radius 3 is 2.69 bits per heavy atom. The lowest BCUT2D eigenvalue weighted by atomic mass is 10.0. The van der Waals surface area contributed by atoms with E-state index in [-0.39, 0.29) is 12.3 Å². The summed E-state index contributed by atoms with van der Waals surface area (Å²) >= 11 is 5.82. The Balaban J connectivity index is 3.25. The van der Waals surface area contributed by atoms with Crippen molar-refractivity contribution in [1.29, 1.82) is 0 Å². The van der Waals surface area contributed by atoms with Crippen molar-refractivity contribution in [2.75, 3.05) is 6.54 Å². The molecule has 72 valence electrons. The molecule has 1 aromatic rings. The molecule has 1 atom stereocenters. The first-order valence-electron chi connectivity index (χ1n) is 3.94. The molecule has 0 bridgehead atoms. The Labute approximate surface area is 81.8 Å². The van der Waals surface area contributed by atoms with E-state index in [1.54, 1.807) is 13.0 Å². The quantitative estimate of drug-likeness (QED) is 0.677. The van der Waals surface area contributed by atoms with Crippen LogP contribution in [0, 0.1) is 6.92 Å². The van der Waals surface area contributed by atoms with Gasteiger partial charge in [0.15, 0.2) is 0 Å². The number of aromatic hydroxyl groups is 1. The van der Waals surface area contributed by atoms with Crippen LogP contribution in [0.4, 0.5) is 0 Å². The zero-order valence-corrected chi connectivity index (χ0v) is 8.04. The standard InChI is InChI=1S/C9H12ClNO2/c1-5-6(10)2-3-7(12)9(5)8(13)4-11/h2-3,8,12-13H,4,11H2,1H3. The summed E-state index contributed by atoms with van der Waals surface area (Å²) in [6.07, 6.45) is -0.862. The van der Waals surface area contributed by atoms with Crippen molar-refractivity contribution in [3.63, 3.8) is 0 Å². The van der Waals surface area contributed by atoms with Crippen LogP contribution in [0.2, 0.25) is 5.02 Å². The number of phenols is 1. The van der Waals surface area contributed by atoms with Gasteiger partial charge in [0.05, 0.1) is 6.10 Å². The van der Waals surface area contributed by atoms with Gasteiger partial charge in [0.2, 0.25) is 0 Å². The number of aliphatic hydroxyl groups excluding tert-OH is 1. The Morgan fingerprint density at radius 1 is 1.54 bits per heavy atom. The Hall–Kier alpha value is -0.770. The van der Waals surface area contributed by atoms with Gasteiger partial charge in [0.1, 0.15) is 5.75 Å². The summed E-state index contributed by atoms with van der Waals surface area (Å²) in [4.78, 5) is 0. The minimum atomic E-state index is -0.862. The summed E-state index contributed by atoms with van der Waals surface area (Å²) in [5.74, 6) is 0.0276. The van der Waals surface area contributed by atoms with Crippen molar-refractivity contribution in [2.24, 2.45) is 5.73 Å². The van der Waals surface area contributed by atoms with Crippen LogP contribution in [0.1, 0.15) is 17.2 Å². The normalized spacial score (nSPS) is 12.9. The molecule has 0 aliphatic heterocycles. The highest BCUT2D eigenvalue weighted by Gasteiger charge is 2.15. The van der Waals surface area contributed by atoms with Gasteiger partial charge in [-0.2, -0.15) is 0 Å². The number of halogens is 1. The number of aliphatic hydroxyl groups is 1. The van der Waals surface area contributed by atoms with Crippen LogP contribution in [0.5, 0.6) is 5.75 Å². The summed E-state index contributed by atoms with van der Waals surface area (Å²) in [6, 6.07) is 3.03. The molecule has 1 aromatic carbocycles. The largest absolute Gasteiger partial charge is 0.508 e. The monoisotopic (exact) mass is 201 g/mol. The molecule has 0 aliphatic rings. The number of rotatable bonds is 2. The van der Waals surface area contributed by atoms with Crippen molar-refractivity contribution in [1.82, 2.24) is 0 Å². The molecular weight excluding hydrogens is 190 g/mol. The average molecular weight is 202 g/mol. The van der Waals surface area contributed by atoms with Gasteiger partial charge < -0.3 is 15.9 Å². The second-order valence-corrected chi connectivity index (χ2v) is 3.26. The molecule has 0 radical (unpaired) electrons. The zero-order chi connectivity index (χ0) is 10.0. The molecular formula is C9H12ClNO2. The van der Waals surface area contributed by atoms with Gasteiger partial charge in [0, 0.05) is 17.1 Å². The lowest BCUT2D eigenvalue weighted by Crippen LogP contribution is -2.13. The molecule has 0 heterocycles. The van der Waals surface area contributed by atoms with Gasteiger partial charge >= 0.3 is 0 Å². The van der Waals surface area contributed by atoms with E-state index in [2.05, 4.69) is 0 Å². The predicted molar refractivity (Wildman–Crippen MR) is 51.9 cm³/mol. The maximum absolute atomic E-state index is 9.47. The van der Waals surface area contributed by atoms with Gasteiger partial charge in [-0.05, 0) is 24.6 Å². The third kappa shape index (κ3) is 1.94. The average Bonchev–Trinajstić information content (AvgIpc) is 2.12. The third-order valence-electron chi connectivity index (χ3n) is 1.98. The first kappa shape index (κ1) is 10.3. The minimum absolute atomic E-state index is 0.0276. The van der Waals surface area contributed by atoms with E-state index < -0.39 is 6.10 Å². The molecule has 0 aromatic heterocycles. The number of nitrogens with two attached hydrogens (primary N) is 1. The maximum Gasteiger partial charge on any atom is 0.121 e. The van der Waals surface area contributed by atoms with E-state index in [9.17, 15) is 10.2 Å². The van der Waals surface area contributed by atoms with Crippen LogP contribution in [-0.4, -0.2) is 16.8 Å². The summed E-state index contributed by atoms with van der Waals surface area (Å²) in [5, 5.41) is 19.4. The Bertz CT molecular complexity index is 315. The Morgan fingerprint density at radius 2 is 2.15 bits per heavy atom. The van der Waals surface area contributed by atoms with E-state index in [0.29, 0.717) is 16.1 Å². The van der Waals surface area contributed by atoms with Crippen LogP contribution in [0.25, 0.3) is 0 Å². The fourth-order valence-corrected chi connectivity index (χ4v) is 1.39. The third-order valence-corrected chi connectivity index (χ3v) is 2.39. The number of phenolic OH excluding ortho intramolecular Hbond substituents is 1. The second-order valence-electron chi connectivity index (χ2n) is 2.86. The van der Waals surface area contributed by atoms with E-state index in [0.717, 1.165) is 0 Å². The first-order chi connectivity index (χ1) is 6.07. The highest BCUT2D eigenvalue weighted by Crippen LogP contribution is 2.31. The van der Waals surface area contributed by atoms with Crippen molar-refractivity contribution in [2.45, 2.75) is 13.0 Å². The van der Waals surface area contributed by atoms with Gasteiger partial charge in [-0.3, -0.25) is 0 Å². The highest BCUT2D eigenvalue weighted by atomic mass is 35.5. The molecule has 4 heteroatoms. The van der Waals surface area contributed by atoms with Crippen LogP contribution in [-0.2, 0) is 0 Å². The van der Waals surface area contributed by atoms with Gasteiger partial charge in [-0.15, -0.1) is 0 Å². The van der Waals surface area contributed by atoms with Gasteiger partial charge in [0.25, 0.3) is 0 Å². The molecule has 0 saturated heterocycles. The smallest absolute Gasteiger partial charge is 0.121 e. The van der Waals surface area contributed by atoms with Crippen LogP contribution in [0.3, 0.4) is 0 Å². The van der Waals surface area contributed by atoms with Crippen molar-refractivity contribution < 1.29 is 10.2 Å². The molecule has 1 rings (SSSR count). The molecule has 0 amide bonds. The number of benzene rings is 1. The van der Waals surface area contributed by atoms with Crippen molar-refractivity contribution in [3.05, 3.63) is 28.3 Å². The molecule has 3 nitrogen and oxygen atoms in total. The van der Waals surface area contributed by atoms with Crippen molar-refractivity contribution in [3.8, 4) is 5.75 Å². The van der Waals surface area contributed by atoms with Gasteiger partial charge in [-0.1, -0.05) is 11.6 Å². The Kier molecular flexibility index (Phi) is 3.14. The zero-order valence-electron chi connectivity index (χ0n) is 7.29. The summed E-state index contributed by atoms with van der Waals surface area (Å²) in [7, 11) is 0. The molecule has 1 unspecified atom stereocenters. The maximum atomic E-state index is 9.47. The van der Waals surface area contributed by atoms with E-state index >= 15 is 0 Å². The molecule has 13 heavy (non-hydrogen) atoms. The summed E-state index contributed by atoms with van der Waals surface area (Å²) < 4.78 is 0. The molecule has 0 aliphatic carbocycles. The fourth-order valence-electron chi connectivity index (χ4n) is 1.23. The SMILES string of the molecule is Cc1c(Cl)ccc(O)c1C(O)CN. The molecule has 0 spiro atoms. The fraction of sp³-hybridized carbons (Fsp3) is 0.333. The van der Waals surface area contributed by atoms with Crippen LogP contribution >= 0.6 is 11.6 Å². The van der Waals surface area contributed by atoms with E-state index in [1.807, 2.05) is 0 Å². The van der Waals surface area contributed by atoms with Crippen LogP contribution in [0.15, 0.2) is 12.1 Å². The minimum Gasteiger partial charge on any atom is -0.508 e. The number of hydrogen-bond donors (Lipinski definition) is 3. The summed E-state index contributed by atoms with van der Waals surface area (Å²) in [6.45, 7) is 1.80. The summed E-state index contributed by atoms with van der Waals surface area (Å²) in [5.41, 5.74) is 6.37. The lowest BCUT2D eigenvalue weighted by molar-refractivity contribution is 0.182. The van der Waals surface area contributed by atoms with Crippen LogP contribution < -0.4 is 5.73 Å². The predicted octanol–water partition coefficient (Wildman–Crippen LogP) is 1.35. The second kappa shape index (κ2) is 3.96. The topological polar surface area (TPSA) is 66.5 Å². The van der Waals surface area contributed by atoms with E-state index in [4.69, 9.17) is 17.3 Å². The van der Waals surface area contributed by atoms with Gasteiger partial charge in [-0.25, -0.2) is 0 Å². The molecule has 4 N–H and O–H groups in total. The molecule has 0 saturated carbocycles. The highest BCUT2D eigenvalue weighted by molar-refractivity contribution is 6.31.